The number of rotatable bonds is 6. The highest BCUT2D eigenvalue weighted by Crippen LogP contribution is 2.36. The normalized spacial score (nSPS) is 10.4. The zero-order valence-electron chi connectivity index (χ0n) is 15.3. The van der Waals surface area contributed by atoms with Gasteiger partial charge in [0.15, 0.2) is 0 Å². The van der Waals surface area contributed by atoms with Crippen molar-refractivity contribution < 1.29 is 19.0 Å². The molecule has 27 heavy (non-hydrogen) atoms. The van der Waals surface area contributed by atoms with Crippen LogP contribution in [0.2, 0.25) is 0 Å². The number of carbonyl (C=O) groups is 1. The van der Waals surface area contributed by atoms with Crippen LogP contribution in [0.15, 0.2) is 30.5 Å². The summed E-state index contributed by atoms with van der Waals surface area (Å²) < 4.78 is 15.8. The van der Waals surface area contributed by atoms with Crippen molar-refractivity contribution in [2.24, 2.45) is 0 Å². The van der Waals surface area contributed by atoms with E-state index in [0.29, 0.717) is 33.0 Å². The van der Waals surface area contributed by atoms with Crippen LogP contribution in [0, 0.1) is 6.92 Å². The van der Waals surface area contributed by atoms with Crippen LogP contribution in [-0.4, -0.2) is 42.4 Å². The molecule has 0 spiro atoms. The van der Waals surface area contributed by atoms with Crippen molar-refractivity contribution in [1.29, 1.82) is 0 Å². The molecule has 3 rings (SSSR count). The number of ether oxygens (including phenoxy) is 3. The monoisotopic (exact) mass is 386 g/mol. The van der Waals surface area contributed by atoms with Crippen molar-refractivity contribution in [1.82, 2.24) is 15.2 Å². The van der Waals surface area contributed by atoms with E-state index in [2.05, 4.69) is 20.5 Å². The van der Waals surface area contributed by atoms with Gasteiger partial charge in [0.05, 0.1) is 26.9 Å². The maximum atomic E-state index is 12.8. The van der Waals surface area contributed by atoms with E-state index >= 15 is 0 Å². The van der Waals surface area contributed by atoms with Gasteiger partial charge in [-0.2, -0.15) is 0 Å². The van der Waals surface area contributed by atoms with Crippen molar-refractivity contribution in [3.63, 3.8) is 0 Å². The fourth-order valence-electron chi connectivity index (χ4n) is 2.50. The van der Waals surface area contributed by atoms with Gasteiger partial charge in [-0.25, -0.2) is 0 Å². The summed E-state index contributed by atoms with van der Waals surface area (Å²) in [5.41, 5.74) is 2.54. The van der Waals surface area contributed by atoms with E-state index in [1.165, 1.54) is 13.3 Å². The lowest BCUT2D eigenvalue weighted by Gasteiger charge is -2.14. The van der Waals surface area contributed by atoms with E-state index in [1.54, 1.807) is 26.4 Å². The molecule has 0 saturated heterocycles. The zero-order chi connectivity index (χ0) is 19.4. The standard InChI is InChI=1S/C18H18N4O4S/c1-10-7-12(13-8-11(24-2)5-6-15(13)25-3)14(9-19-10)16(23)20-17-21-22-18(26-4)27-17/h5-9H,1-4H3,(H,20,21,23). The van der Waals surface area contributed by atoms with E-state index in [1.807, 2.05) is 19.1 Å². The molecule has 0 aliphatic rings. The minimum absolute atomic E-state index is 0.334. The molecular weight excluding hydrogens is 368 g/mol. The Kier molecular flexibility index (Phi) is 5.51. The van der Waals surface area contributed by atoms with Crippen LogP contribution in [0.5, 0.6) is 16.7 Å². The Morgan fingerprint density at radius 3 is 2.52 bits per heavy atom. The third kappa shape index (κ3) is 3.98. The van der Waals surface area contributed by atoms with Gasteiger partial charge >= 0.3 is 0 Å². The summed E-state index contributed by atoms with van der Waals surface area (Å²) in [5, 5.41) is 11.1. The Morgan fingerprint density at radius 1 is 1.04 bits per heavy atom. The van der Waals surface area contributed by atoms with Crippen molar-refractivity contribution in [3.05, 3.63) is 41.7 Å². The first kappa shape index (κ1) is 18.6. The second kappa shape index (κ2) is 8.00. The SMILES string of the molecule is COc1ccc(OC)c(-c2cc(C)ncc2C(=O)Nc2nnc(OC)s2)c1. The number of carbonyl (C=O) groups excluding carboxylic acids is 1. The molecule has 9 heteroatoms. The lowest BCUT2D eigenvalue weighted by molar-refractivity contribution is 0.102. The van der Waals surface area contributed by atoms with Gasteiger partial charge in [0.25, 0.3) is 11.1 Å². The van der Waals surface area contributed by atoms with Crippen LogP contribution in [0.1, 0.15) is 16.1 Å². The molecule has 3 aromatic rings. The molecule has 0 bridgehead atoms. The number of pyridine rings is 1. The molecule has 0 aliphatic carbocycles. The topological polar surface area (TPSA) is 95.5 Å². The van der Waals surface area contributed by atoms with E-state index in [-0.39, 0.29) is 5.91 Å². The van der Waals surface area contributed by atoms with E-state index in [4.69, 9.17) is 14.2 Å². The predicted molar refractivity (Wildman–Crippen MR) is 102 cm³/mol. The number of amides is 1. The molecule has 0 saturated carbocycles. The van der Waals surface area contributed by atoms with Gasteiger partial charge in [-0.15, -0.1) is 5.10 Å². The Hall–Kier alpha value is -3.20. The molecule has 0 unspecified atom stereocenters. The van der Waals surface area contributed by atoms with Gasteiger partial charge in [-0.3, -0.25) is 15.1 Å². The maximum absolute atomic E-state index is 12.8. The third-order valence-electron chi connectivity index (χ3n) is 3.78. The van der Waals surface area contributed by atoms with Gasteiger partial charge in [0.2, 0.25) is 5.13 Å². The summed E-state index contributed by atoms with van der Waals surface area (Å²) in [6.45, 7) is 1.85. The number of aryl methyl sites for hydroxylation is 1. The lowest BCUT2D eigenvalue weighted by atomic mass is 9.99. The second-order valence-corrected chi connectivity index (χ2v) is 6.41. The number of nitrogens with zero attached hydrogens (tertiary/aromatic N) is 3. The number of benzene rings is 1. The molecule has 0 aliphatic heterocycles. The minimum Gasteiger partial charge on any atom is -0.497 e. The zero-order valence-corrected chi connectivity index (χ0v) is 16.1. The first-order valence-electron chi connectivity index (χ1n) is 7.93. The summed E-state index contributed by atoms with van der Waals surface area (Å²) in [6, 6.07) is 7.23. The molecule has 1 N–H and O–H groups in total. The molecule has 0 atom stereocenters. The summed E-state index contributed by atoms with van der Waals surface area (Å²) in [7, 11) is 4.65. The first-order chi connectivity index (χ1) is 13.0. The van der Waals surface area contributed by atoms with Crippen molar-refractivity contribution in [3.8, 4) is 27.8 Å². The third-order valence-corrected chi connectivity index (χ3v) is 4.58. The molecule has 1 aromatic carbocycles. The van der Waals surface area contributed by atoms with Crippen LogP contribution in [-0.2, 0) is 0 Å². The van der Waals surface area contributed by atoms with Gasteiger partial charge in [-0.1, -0.05) is 5.10 Å². The minimum atomic E-state index is -0.360. The molecule has 0 radical (unpaired) electrons. The Balaban J connectivity index is 2.04. The number of hydrogen-bond acceptors (Lipinski definition) is 8. The number of hydrogen-bond donors (Lipinski definition) is 1. The first-order valence-corrected chi connectivity index (χ1v) is 8.75. The van der Waals surface area contributed by atoms with E-state index in [9.17, 15) is 4.79 Å². The maximum Gasteiger partial charge on any atom is 0.295 e. The lowest BCUT2D eigenvalue weighted by Crippen LogP contribution is -2.14. The highest BCUT2D eigenvalue weighted by Gasteiger charge is 2.19. The van der Waals surface area contributed by atoms with E-state index in [0.717, 1.165) is 22.6 Å². The van der Waals surface area contributed by atoms with Crippen LogP contribution < -0.4 is 19.5 Å². The van der Waals surface area contributed by atoms with Crippen LogP contribution in [0.25, 0.3) is 11.1 Å². The molecular formula is C18H18N4O4S. The van der Waals surface area contributed by atoms with Gasteiger partial charge < -0.3 is 14.2 Å². The quantitative estimate of drug-likeness (QED) is 0.695. The van der Waals surface area contributed by atoms with Crippen molar-refractivity contribution in [2.45, 2.75) is 6.92 Å². The Labute approximate surface area is 160 Å². The highest BCUT2D eigenvalue weighted by atomic mass is 32.1. The molecule has 2 heterocycles. The number of nitrogens with one attached hydrogen (secondary N) is 1. The molecule has 0 fully saturated rings. The van der Waals surface area contributed by atoms with Crippen LogP contribution >= 0.6 is 11.3 Å². The number of aromatic nitrogens is 3. The molecule has 1 amide bonds. The smallest absolute Gasteiger partial charge is 0.295 e. The second-order valence-electron chi connectivity index (χ2n) is 5.47. The largest absolute Gasteiger partial charge is 0.497 e. The fourth-order valence-corrected chi connectivity index (χ4v) is 3.05. The predicted octanol–water partition coefficient (Wildman–Crippen LogP) is 3.19. The summed E-state index contributed by atoms with van der Waals surface area (Å²) in [5.74, 6) is 0.912. The summed E-state index contributed by atoms with van der Waals surface area (Å²) >= 11 is 1.13. The molecule has 2 aromatic heterocycles. The molecule has 8 nitrogen and oxygen atoms in total. The van der Waals surface area contributed by atoms with Crippen molar-refractivity contribution >= 4 is 22.4 Å². The molecule has 140 valence electrons. The van der Waals surface area contributed by atoms with Gasteiger partial charge in [0.1, 0.15) is 11.5 Å². The van der Waals surface area contributed by atoms with Gasteiger partial charge in [0, 0.05) is 23.0 Å². The Bertz CT molecular complexity index is 974. The summed E-state index contributed by atoms with van der Waals surface area (Å²) in [6.07, 6.45) is 1.52. The average Bonchev–Trinajstić information content (AvgIpc) is 3.14. The summed E-state index contributed by atoms with van der Waals surface area (Å²) in [4.78, 5) is 17.1. The number of methoxy groups -OCH3 is 3. The fraction of sp³-hybridized carbons (Fsp3) is 0.222. The average molecular weight is 386 g/mol. The number of anilines is 1. The van der Waals surface area contributed by atoms with Crippen molar-refractivity contribution in [2.75, 3.05) is 26.6 Å². The van der Waals surface area contributed by atoms with Crippen LogP contribution in [0.3, 0.4) is 0 Å². The Morgan fingerprint density at radius 2 is 1.85 bits per heavy atom. The highest BCUT2D eigenvalue weighted by molar-refractivity contribution is 7.17. The van der Waals surface area contributed by atoms with E-state index < -0.39 is 0 Å². The van der Waals surface area contributed by atoms with Crippen LogP contribution in [0.4, 0.5) is 5.13 Å². The van der Waals surface area contributed by atoms with Gasteiger partial charge in [-0.05, 0) is 42.5 Å².